The van der Waals surface area contributed by atoms with Gasteiger partial charge in [0.2, 0.25) is 0 Å². The molecule has 0 bridgehead atoms. The van der Waals surface area contributed by atoms with Crippen molar-refractivity contribution in [2.75, 3.05) is 20.8 Å². The van der Waals surface area contributed by atoms with Gasteiger partial charge in [-0.2, -0.15) is 0 Å². The standard InChI is InChI=1S/C20H20FNO4/c1-22(13-16-8-3-5-9-17(16)21)19(23)14-26-20(24)12-11-15-7-4-6-10-18(15)25-2/h3-12H,13-14H2,1-2H3/b12-11+. The fourth-order valence-corrected chi connectivity index (χ4v) is 2.22. The van der Waals surface area contributed by atoms with Gasteiger partial charge >= 0.3 is 5.97 Å². The third kappa shape index (κ3) is 5.44. The van der Waals surface area contributed by atoms with Crippen LogP contribution in [0.5, 0.6) is 5.75 Å². The Morgan fingerprint density at radius 2 is 1.81 bits per heavy atom. The van der Waals surface area contributed by atoms with Gasteiger partial charge in [-0.05, 0) is 18.2 Å². The second kappa shape index (κ2) is 9.36. The van der Waals surface area contributed by atoms with Crippen LogP contribution in [0.2, 0.25) is 0 Å². The van der Waals surface area contributed by atoms with Crippen LogP contribution in [0.3, 0.4) is 0 Å². The van der Waals surface area contributed by atoms with Gasteiger partial charge in [0.05, 0.1) is 7.11 Å². The second-order valence-corrected chi connectivity index (χ2v) is 5.52. The second-order valence-electron chi connectivity index (χ2n) is 5.52. The summed E-state index contributed by atoms with van der Waals surface area (Å²) in [6.45, 7) is -0.319. The molecule has 0 saturated heterocycles. The monoisotopic (exact) mass is 357 g/mol. The zero-order chi connectivity index (χ0) is 18.9. The van der Waals surface area contributed by atoms with E-state index in [0.717, 1.165) is 5.56 Å². The highest BCUT2D eigenvalue weighted by Gasteiger charge is 2.13. The SMILES string of the molecule is COc1ccccc1/C=C/C(=O)OCC(=O)N(C)Cc1ccccc1F. The smallest absolute Gasteiger partial charge is 0.331 e. The van der Waals surface area contributed by atoms with Gasteiger partial charge in [-0.25, -0.2) is 9.18 Å². The first-order valence-corrected chi connectivity index (χ1v) is 7.96. The van der Waals surface area contributed by atoms with Crippen LogP contribution in [0, 0.1) is 5.82 Å². The Labute approximate surface area is 151 Å². The number of hydrogen-bond acceptors (Lipinski definition) is 4. The Kier molecular flexibility index (Phi) is 6.91. The number of ether oxygens (including phenoxy) is 2. The van der Waals surface area contributed by atoms with Crippen molar-refractivity contribution in [1.82, 2.24) is 4.90 Å². The molecule has 0 heterocycles. The molecule has 0 aliphatic rings. The number of rotatable bonds is 7. The molecular weight excluding hydrogens is 337 g/mol. The summed E-state index contributed by atoms with van der Waals surface area (Å²) in [5, 5.41) is 0. The van der Waals surface area contributed by atoms with E-state index in [1.165, 1.54) is 31.2 Å². The van der Waals surface area contributed by atoms with E-state index in [-0.39, 0.29) is 12.4 Å². The molecule has 5 nitrogen and oxygen atoms in total. The number of likely N-dealkylation sites (N-methyl/N-ethyl adjacent to an activating group) is 1. The van der Waals surface area contributed by atoms with Crippen LogP contribution in [-0.2, 0) is 20.9 Å². The average Bonchev–Trinajstić information content (AvgIpc) is 2.66. The Balaban J connectivity index is 1.85. The summed E-state index contributed by atoms with van der Waals surface area (Å²) < 4.78 is 23.7. The van der Waals surface area contributed by atoms with E-state index >= 15 is 0 Å². The lowest BCUT2D eigenvalue weighted by molar-refractivity contribution is -0.147. The molecule has 0 N–H and O–H groups in total. The lowest BCUT2D eigenvalue weighted by Crippen LogP contribution is -2.30. The van der Waals surface area contributed by atoms with E-state index in [4.69, 9.17) is 9.47 Å². The molecule has 1 amide bonds. The zero-order valence-corrected chi connectivity index (χ0v) is 14.6. The molecule has 0 spiro atoms. The van der Waals surface area contributed by atoms with E-state index in [1.54, 1.807) is 36.4 Å². The molecule has 26 heavy (non-hydrogen) atoms. The predicted molar refractivity (Wildman–Crippen MR) is 95.9 cm³/mol. The first-order chi connectivity index (χ1) is 12.5. The maximum atomic E-state index is 13.6. The van der Waals surface area contributed by atoms with Crippen LogP contribution >= 0.6 is 0 Å². The van der Waals surface area contributed by atoms with Crippen molar-refractivity contribution in [3.63, 3.8) is 0 Å². The van der Waals surface area contributed by atoms with E-state index in [0.29, 0.717) is 11.3 Å². The summed E-state index contributed by atoms with van der Waals surface area (Å²) >= 11 is 0. The quantitative estimate of drug-likeness (QED) is 0.565. The van der Waals surface area contributed by atoms with Crippen molar-refractivity contribution < 1.29 is 23.5 Å². The van der Waals surface area contributed by atoms with Crippen molar-refractivity contribution in [3.8, 4) is 5.75 Å². The molecule has 2 aromatic carbocycles. The number of carbonyl (C=O) groups excluding carboxylic acids is 2. The molecule has 136 valence electrons. The normalized spacial score (nSPS) is 10.6. The van der Waals surface area contributed by atoms with Crippen LogP contribution in [0.1, 0.15) is 11.1 Å². The van der Waals surface area contributed by atoms with Crippen LogP contribution in [0.4, 0.5) is 4.39 Å². The lowest BCUT2D eigenvalue weighted by Gasteiger charge is -2.17. The summed E-state index contributed by atoms with van der Waals surface area (Å²) in [6.07, 6.45) is 2.77. The lowest BCUT2D eigenvalue weighted by atomic mass is 10.2. The molecule has 0 fully saturated rings. The molecule has 6 heteroatoms. The van der Waals surface area contributed by atoms with Crippen LogP contribution < -0.4 is 4.74 Å². The summed E-state index contributed by atoms with van der Waals surface area (Å²) in [4.78, 5) is 25.1. The molecular formula is C20H20FNO4. The summed E-state index contributed by atoms with van der Waals surface area (Å²) in [6, 6.07) is 13.4. The molecule has 0 atom stereocenters. The zero-order valence-electron chi connectivity index (χ0n) is 14.6. The predicted octanol–water partition coefficient (Wildman–Crippen LogP) is 3.05. The fourth-order valence-electron chi connectivity index (χ4n) is 2.22. The third-order valence-corrected chi connectivity index (χ3v) is 3.67. The van der Waals surface area contributed by atoms with Crippen molar-refractivity contribution >= 4 is 18.0 Å². The Hall–Kier alpha value is -3.15. The molecule has 0 aromatic heterocycles. The highest BCUT2D eigenvalue weighted by atomic mass is 19.1. The molecule has 0 saturated carbocycles. The third-order valence-electron chi connectivity index (χ3n) is 3.67. The van der Waals surface area contributed by atoms with Gasteiger partial charge in [-0.3, -0.25) is 4.79 Å². The molecule has 0 unspecified atom stereocenters. The molecule has 0 aliphatic heterocycles. The van der Waals surface area contributed by atoms with E-state index < -0.39 is 18.5 Å². The van der Waals surface area contributed by atoms with Gasteiger partial charge in [0.25, 0.3) is 5.91 Å². The number of esters is 1. The number of halogens is 1. The number of amides is 1. The van der Waals surface area contributed by atoms with E-state index in [9.17, 15) is 14.0 Å². The van der Waals surface area contributed by atoms with Crippen LogP contribution in [-0.4, -0.2) is 37.5 Å². The van der Waals surface area contributed by atoms with Gasteiger partial charge in [0, 0.05) is 30.8 Å². The number of para-hydroxylation sites is 1. The Bertz CT molecular complexity index is 804. The number of benzene rings is 2. The van der Waals surface area contributed by atoms with Gasteiger partial charge in [0.15, 0.2) is 6.61 Å². The maximum Gasteiger partial charge on any atom is 0.331 e. The van der Waals surface area contributed by atoms with E-state index in [2.05, 4.69) is 0 Å². The van der Waals surface area contributed by atoms with Crippen molar-refractivity contribution in [2.45, 2.75) is 6.54 Å². The fraction of sp³-hybridized carbons (Fsp3) is 0.200. The summed E-state index contributed by atoms with van der Waals surface area (Å²) in [5.74, 6) is -0.836. The van der Waals surface area contributed by atoms with Crippen molar-refractivity contribution in [3.05, 3.63) is 71.6 Å². The van der Waals surface area contributed by atoms with Gasteiger partial charge in [0.1, 0.15) is 11.6 Å². The number of methoxy groups -OCH3 is 1. The van der Waals surface area contributed by atoms with Crippen LogP contribution in [0.15, 0.2) is 54.6 Å². The van der Waals surface area contributed by atoms with Crippen LogP contribution in [0.25, 0.3) is 6.08 Å². The largest absolute Gasteiger partial charge is 0.496 e. The van der Waals surface area contributed by atoms with Gasteiger partial charge < -0.3 is 14.4 Å². The van der Waals surface area contributed by atoms with E-state index in [1.807, 2.05) is 12.1 Å². The first kappa shape index (κ1) is 19.2. The molecule has 0 aliphatic carbocycles. The number of hydrogen-bond donors (Lipinski definition) is 0. The minimum Gasteiger partial charge on any atom is -0.496 e. The maximum absolute atomic E-state index is 13.6. The molecule has 2 aromatic rings. The molecule has 2 rings (SSSR count). The number of nitrogens with zero attached hydrogens (tertiary/aromatic N) is 1. The van der Waals surface area contributed by atoms with Gasteiger partial charge in [-0.15, -0.1) is 0 Å². The van der Waals surface area contributed by atoms with Crippen molar-refractivity contribution in [1.29, 1.82) is 0 Å². The first-order valence-electron chi connectivity index (χ1n) is 7.96. The van der Waals surface area contributed by atoms with Gasteiger partial charge in [-0.1, -0.05) is 36.4 Å². The number of carbonyl (C=O) groups is 2. The van der Waals surface area contributed by atoms with Crippen molar-refractivity contribution in [2.24, 2.45) is 0 Å². The Morgan fingerprint density at radius 1 is 1.12 bits per heavy atom. The molecule has 0 radical (unpaired) electrons. The average molecular weight is 357 g/mol. The highest BCUT2D eigenvalue weighted by molar-refractivity contribution is 5.89. The summed E-state index contributed by atoms with van der Waals surface area (Å²) in [7, 11) is 3.06. The summed E-state index contributed by atoms with van der Waals surface area (Å²) in [5.41, 5.74) is 1.11. The minimum absolute atomic E-state index is 0.0973. The minimum atomic E-state index is -0.649. The highest BCUT2D eigenvalue weighted by Crippen LogP contribution is 2.18. The topological polar surface area (TPSA) is 55.8 Å². The Morgan fingerprint density at radius 3 is 2.54 bits per heavy atom.